The maximum atomic E-state index is 15.3. The van der Waals surface area contributed by atoms with E-state index >= 15 is 4.39 Å². The van der Waals surface area contributed by atoms with Crippen molar-refractivity contribution in [2.24, 2.45) is 5.92 Å². The number of rotatable bonds is 6. The first-order chi connectivity index (χ1) is 12.9. The van der Waals surface area contributed by atoms with Gasteiger partial charge < -0.3 is 19.9 Å². The minimum atomic E-state index is -1.42. The molecule has 6 nitrogen and oxygen atoms in total. The predicted molar refractivity (Wildman–Crippen MR) is 99.6 cm³/mol. The SMILES string of the molecule is CCNC[C@@H]1CCN(c2c(F)cc3c(=O)c(C(=O)O)cn(CC)c3c2F)C1. The molecule has 2 N–H and O–H groups in total. The fourth-order valence-corrected chi connectivity index (χ4v) is 3.72. The van der Waals surface area contributed by atoms with Crippen molar-refractivity contribution in [2.75, 3.05) is 31.1 Å². The molecule has 27 heavy (non-hydrogen) atoms. The minimum absolute atomic E-state index is 0.0565. The number of carboxylic acid groups (broad SMARTS) is 1. The van der Waals surface area contributed by atoms with Crippen LogP contribution < -0.4 is 15.6 Å². The van der Waals surface area contributed by atoms with E-state index in [9.17, 15) is 19.1 Å². The van der Waals surface area contributed by atoms with Crippen LogP contribution in [0.25, 0.3) is 10.9 Å². The highest BCUT2D eigenvalue weighted by Crippen LogP contribution is 2.33. The summed E-state index contributed by atoms with van der Waals surface area (Å²) in [6.45, 7) is 6.64. The first-order valence-electron chi connectivity index (χ1n) is 9.13. The number of nitrogens with zero attached hydrogens (tertiary/aromatic N) is 2. The summed E-state index contributed by atoms with van der Waals surface area (Å²) in [6.07, 6.45) is 1.94. The van der Waals surface area contributed by atoms with Crippen molar-refractivity contribution in [2.45, 2.75) is 26.8 Å². The number of carboxylic acids is 1. The van der Waals surface area contributed by atoms with Gasteiger partial charge in [0.1, 0.15) is 17.1 Å². The monoisotopic (exact) mass is 379 g/mol. The lowest BCUT2D eigenvalue weighted by Gasteiger charge is -2.22. The van der Waals surface area contributed by atoms with E-state index in [1.807, 2.05) is 6.92 Å². The molecule has 0 spiro atoms. The molecule has 2 aromatic rings. The third-order valence-electron chi connectivity index (χ3n) is 5.09. The molecule has 3 rings (SSSR count). The summed E-state index contributed by atoms with van der Waals surface area (Å²) in [5, 5.41) is 12.2. The van der Waals surface area contributed by atoms with Crippen LogP contribution >= 0.6 is 0 Å². The molecular formula is C19H23F2N3O3. The second-order valence-electron chi connectivity index (χ2n) is 6.79. The van der Waals surface area contributed by atoms with Crippen LogP contribution in [0.15, 0.2) is 17.1 Å². The van der Waals surface area contributed by atoms with E-state index in [1.54, 1.807) is 11.8 Å². The van der Waals surface area contributed by atoms with Gasteiger partial charge in [-0.15, -0.1) is 0 Å². The van der Waals surface area contributed by atoms with Crippen molar-refractivity contribution in [3.8, 4) is 0 Å². The minimum Gasteiger partial charge on any atom is -0.477 e. The lowest BCUT2D eigenvalue weighted by molar-refractivity contribution is 0.0695. The van der Waals surface area contributed by atoms with Crippen LogP contribution in [-0.4, -0.2) is 41.8 Å². The Morgan fingerprint density at radius 1 is 1.37 bits per heavy atom. The van der Waals surface area contributed by atoms with E-state index in [0.717, 1.165) is 31.8 Å². The Balaban J connectivity index is 2.13. The molecule has 1 aliphatic heterocycles. The maximum Gasteiger partial charge on any atom is 0.341 e. The van der Waals surface area contributed by atoms with E-state index in [-0.39, 0.29) is 23.1 Å². The molecular weight excluding hydrogens is 356 g/mol. The Morgan fingerprint density at radius 2 is 2.11 bits per heavy atom. The number of anilines is 1. The zero-order chi connectivity index (χ0) is 19.7. The fourth-order valence-electron chi connectivity index (χ4n) is 3.72. The summed E-state index contributed by atoms with van der Waals surface area (Å²) >= 11 is 0. The second kappa shape index (κ2) is 7.64. The highest BCUT2D eigenvalue weighted by molar-refractivity contribution is 5.93. The van der Waals surface area contributed by atoms with Gasteiger partial charge in [0.15, 0.2) is 5.82 Å². The normalized spacial score (nSPS) is 17.0. The van der Waals surface area contributed by atoms with E-state index in [2.05, 4.69) is 5.32 Å². The van der Waals surface area contributed by atoms with Crippen molar-refractivity contribution < 1.29 is 18.7 Å². The molecule has 1 fully saturated rings. The molecule has 1 saturated heterocycles. The van der Waals surface area contributed by atoms with Gasteiger partial charge in [0.2, 0.25) is 5.43 Å². The Labute approximate surface area is 155 Å². The number of aromatic carboxylic acids is 1. The number of aryl methyl sites for hydroxylation is 1. The smallest absolute Gasteiger partial charge is 0.341 e. The summed E-state index contributed by atoms with van der Waals surface area (Å²) in [5.41, 5.74) is -1.58. The van der Waals surface area contributed by atoms with Crippen LogP contribution in [0.1, 0.15) is 30.6 Å². The summed E-state index contributed by atoms with van der Waals surface area (Å²) in [7, 11) is 0. The van der Waals surface area contributed by atoms with Crippen LogP contribution in [0.3, 0.4) is 0 Å². The van der Waals surface area contributed by atoms with E-state index < -0.39 is 28.6 Å². The van der Waals surface area contributed by atoms with Gasteiger partial charge in [-0.1, -0.05) is 6.92 Å². The summed E-state index contributed by atoms with van der Waals surface area (Å²) in [4.78, 5) is 25.4. The quantitative estimate of drug-likeness (QED) is 0.806. The Hall–Kier alpha value is -2.48. The molecule has 1 aromatic carbocycles. The topological polar surface area (TPSA) is 74.6 Å². The average Bonchev–Trinajstić information content (AvgIpc) is 3.09. The number of hydrogen-bond donors (Lipinski definition) is 2. The van der Waals surface area contributed by atoms with Crippen molar-refractivity contribution in [1.29, 1.82) is 0 Å². The summed E-state index contributed by atoms with van der Waals surface area (Å²) < 4.78 is 31.4. The van der Waals surface area contributed by atoms with E-state index in [0.29, 0.717) is 19.0 Å². The number of aromatic nitrogens is 1. The highest BCUT2D eigenvalue weighted by atomic mass is 19.1. The van der Waals surface area contributed by atoms with Crippen LogP contribution in [0.2, 0.25) is 0 Å². The lowest BCUT2D eigenvalue weighted by Crippen LogP contribution is -2.28. The number of halogens is 2. The van der Waals surface area contributed by atoms with Gasteiger partial charge in [-0.25, -0.2) is 13.6 Å². The van der Waals surface area contributed by atoms with Crippen molar-refractivity contribution in [3.05, 3.63) is 39.7 Å². The molecule has 8 heteroatoms. The molecule has 1 aliphatic rings. The van der Waals surface area contributed by atoms with Gasteiger partial charge >= 0.3 is 5.97 Å². The molecule has 2 heterocycles. The van der Waals surface area contributed by atoms with Gasteiger partial charge in [-0.3, -0.25) is 4.79 Å². The molecule has 0 bridgehead atoms. The first-order valence-corrected chi connectivity index (χ1v) is 9.13. The number of nitrogens with one attached hydrogen (secondary N) is 1. The van der Waals surface area contributed by atoms with Gasteiger partial charge in [-0.05, 0) is 38.4 Å². The van der Waals surface area contributed by atoms with Crippen molar-refractivity contribution in [1.82, 2.24) is 9.88 Å². The summed E-state index contributed by atoms with van der Waals surface area (Å²) in [5.74, 6) is -2.78. The number of carbonyl (C=O) groups is 1. The van der Waals surface area contributed by atoms with Crippen LogP contribution in [0.4, 0.5) is 14.5 Å². The number of hydrogen-bond acceptors (Lipinski definition) is 4. The van der Waals surface area contributed by atoms with Crippen molar-refractivity contribution >= 4 is 22.6 Å². The number of benzene rings is 1. The molecule has 0 radical (unpaired) electrons. The number of fused-ring (bicyclic) bond motifs is 1. The Morgan fingerprint density at radius 3 is 2.74 bits per heavy atom. The lowest BCUT2D eigenvalue weighted by atomic mass is 10.1. The largest absolute Gasteiger partial charge is 0.477 e. The third kappa shape index (κ3) is 3.41. The predicted octanol–water partition coefficient (Wildman–Crippen LogP) is 2.43. The molecule has 0 aliphatic carbocycles. The summed E-state index contributed by atoms with van der Waals surface area (Å²) in [6, 6.07) is 0.965. The molecule has 1 atom stereocenters. The third-order valence-corrected chi connectivity index (χ3v) is 5.09. The van der Waals surface area contributed by atoms with E-state index in [1.165, 1.54) is 4.57 Å². The van der Waals surface area contributed by atoms with Crippen LogP contribution in [0.5, 0.6) is 0 Å². The van der Waals surface area contributed by atoms with Crippen molar-refractivity contribution in [3.63, 3.8) is 0 Å². The molecule has 0 unspecified atom stereocenters. The Bertz CT molecular complexity index is 942. The average molecular weight is 379 g/mol. The van der Waals surface area contributed by atoms with Gasteiger partial charge in [0, 0.05) is 25.8 Å². The molecule has 1 aromatic heterocycles. The zero-order valence-electron chi connectivity index (χ0n) is 15.4. The second-order valence-corrected chi connectivity index (χ2v) is 6.79. The van der Waals surface area contributed by atoms with Crippen LogP contribution in [0, 0.1) is 17.6 Å². The molecule has 0 saturated carbocycles. The number of pyridine rings is 1. The highest BCUT2D eigenvalue weighted by Gasteiger charge is 2.29. The Kier molecular flexibility index (Phi) is 5.46. The maximum absolute atomic E-state index is 15.3. The molecule has 0 amide bonds. The van der Waals surface area contributed by atoms with Gasteiger partial charge in [0.25, 0.3) is 0 Å². The molecule has 146 valence electrons. The van der Waals surface area contributed by atoms with Crippen LogP contribution in [-0.2, 0) is 6.54 Å². The zero-order valence-corrected chi connectivity index (χ0v) is 15.4. The first kappa shape index (κ1) is 19.3. The standard InChI is InChI=1S/C19H23F2N3O3/c1-3-22-8-11-5-6-24(9-11)17-14(20)7-12-16(15(17)21)23(4-2)10-13(18(12)25)19(26)27/h7,10-11,22H,3-6,8-9H2,1-2H3,(H,26,27)/t11-/m0/s1. The van der Waals surface area contributed by atoms with Gasteiger partial charge in [0.05, 0.1) is 10.9 Å². The fraction of sp³-hybridized carbons (Fsp3) is 0.474. The van der Waals surface area contributed by atoms with E-state index in [4.69, 9.17) is 0 Å². The van der Waals surface area contributed by atoms with Gasteiger partial charge in [-0.2, -0.15) is 0 Å².